The molecule has 4 rings (SSSR count). The lowest BCUT2D eigenvalue weighted by Crippen LogP contribution is -2.40. The van der Waals surface area contributed by atoms with Crippen LogP contribution in [-0.2, 0) is 27.4 Å². The van der Waals surface area contributed by atoms with Gasteiger partial charge in [-0.1, -0.05) is 37.6 Å². The van der Waals surface area contributed by atoms with Crippen LogP contribution in [0.25, 0.3) is 11.5 Å². The van der Waals surface area contributed by atoms with Crippen LogP contribution in [0, 0.1) is 26.7 Å². The van der Waals surface area contributed by atoms with E-state index < -0.39 is 17.5 Å². The second kappa shape index (κ2) is 12.5. The van der Waals surface area contributed by atoms with E-state index in [1.807, 2.05) is 37.8 Å². The highest BCUT2D eigenvalue weighted by Crippen LogP contribution is 2.49. The van der Waals surface area contributed by atoms with Gasteiger partial charge >= 0.3 is 11.9 Å². The first kappa shape index (κ1) is 30.3. The predicted molar refractivity (Wildman–Crippen MR) is 157 cm³/mol. The van der Waals surface area contributed by atoms with Crippen molar-refractivity contribution in [3.05, 3.63) is 70.1 Å². The maximum Gasteiger partial charge on any atom is 0.349 e. The average molecular weight is 563 g/mol. The predicted octanol–water partition coefficient (Wildman–Crippen LogP) is 6.59. The standard InChI is InChI=1S/C33H42N2O6/c1-8-24-16-27(24)25-10-12-26(13-11-25)31-34-28(22(5)40-31)18-35(19-29(36)37)17-23-14-20(3)30(21(4)15-23)41-33(6,7)32(38)39-9-2/h10-15,24,27H,8-9,16-19H2,1-7H3,(H,36,37). The Kier molecular flexibility index (Phi) is 9.22. The quantitative estimate of drug-likeness (QED) is 0.233. The van der Waals surface area contributed by atoms with E-state index in [1.54, 1.807) is 20.8 Å². The van der Waals surface area contributed by atoms with Crippen LogP contribution in [0.1, 0.15) is 80.2 Å². The molecule has 1 N–H and O–H groups in total. The summed E-state index contributed by atoms with van der Waals surface area (Å²) in [6.07, 6.45) is 2.48. The maximum atomic E-state index is 12.3. The Labute approximate surface area is 242 Å². The van der Waals surface area contributed by atoms with Crippen LogP contribution in [0.2, 0.25) is 0 Å². The van der Waals surface area contributed by atoms with Gasteiger partial charge in [-0.25, -0.2) is 9.78 Å². The topological polar surface area (TPSA) is 102 Å². The number of aromatic nitrogens is 1. The fourth-order valence-corrected chi connectivity index (χ4v) is 5.40. The summed E-state index contributed by atoms with van der Waals surface area (Å²) in [4.78, 5) is 30.7. The minimum absolute atomic E-state index is 0.150. The number of carbonyl (C=O) groups excluding carboxylic acids is 1. The van der Waals surface area contributed by atoms with Gasteiger partial charge in [-0.05, 0) is 94.2 Å². The highest BCUT2D eigenvalue weighted by Gasteiger charge is 2.36. The van der Waals surface area contributed by atoms with Crippen molar-refractivity contribution in [1.29, 1.82) is 0 Å². The van der Waals surface area contributed by atoms with Gasteiger partial charge in [0.1, 0.15) is 11.5 Å². The molecule has 1 fully saturated rings. The summed E-state index contributed by atoms with van der Waals surface area (Å²) >= 11 is 0. The van der Waals surface area contributed by atoms with Crippen molar-refractivity contribution in [3.8, 4) is 17.2 Å². The molecular formula is C33H42N2O6. The van der Waals surface area contributed by atoms with E-state index in [-0.39, 0.29) is 13.2 Å². The number of nitrogens with zero attached hydrogens (tertiary/aromatic N) is 2. The molecular weight excluding hydrogens is 520 g/mol. The molecule has 8 nitrogen and oxygen atoms in total. The Bertz CT molecular complexity index is 1370. The zero-order chi connectivity index (χ0) is 29.9. The average Bonchev–Trinajstić information content (AvgIpc) is 3.61. The third kappa shape index (κ3) is 7.36. The number of aliphatic carboxylic acids is 1. The molecule has 1 aromatic heterocycles. The molecule has 0 bridgehead atoms. The molecule has 0 saturated heterocycles. The van der Waals surface area contributed by atoms with Gasteiger partial charge in [0.25, 0.3) is 0 Å². The van der Waals surface area contributed by atoms with E-state index >= 15 is 0 Å². The van der Waals surface area contributed by atoms with Crippen LogP contribution in [0.4, 0.5) is 0 Å². The number of carbonyl (C=O) groups is 2. The zero-order valence-electron chi connectivity index (χ0n) is 25.2. The van der Waals surface area contributed by atoms with Crippen molar-refractivity contribution in [2.45, 2.75) is 85.9 Å². The van der Waals surface area contributed by atoms with Gasteiger partial charge in [0, 0.05) is 18.7 Å². The highest BCUT2D eigenvalue weighted by molar-refractivity contribution is 5.79. The summed E-state index contributed by atoms with van der Waals surface area (Å²) < 4.78 is 17.3. The molecule has 3 aromatic rings. The second-order valence-corrected chi connectivity index (χ2v) is 11.6. The van der Waals surface area contributed by atoms with Crippen LogP contribution in [0.5, 0.6) is 5.75 Å². The molecule has 41 heavy (non-hydrogen) atoms. The minimum Gasteiger partial charge on any atom is -0.480 e. The van der Waals surface area contributed by atoms with Gasteiger partial charge in [0.15, 0.2) is 5.60 Å². The molecule has 2 atom stereocenters. The third-order valence-electron chi connectivity index (χ3n) is 7.71. The Morgan fingerprint density at radius 1 is 1.07 bits per heavy atom. The minimum atomic E-state index is -1.14. The largest absolute Gasteiger partial charge is 0.480 e. The molecule has 1 aliphatic carbocycles. The fraction of sp³-hybridized carbons (Fsp3) is 0.485. The molecule has 220 valence electrons. The van der Waals surface area contributed by atoms with E-state index in [2.05, 4.69) is 31.2 Å². The van der Waals surface area contributed by atoms with E-state index in [0.717, 1.165) is 28.2 Å². The molecule has 0 amide bonds. The first-order chi connectivity index (χ1) is 19.4. The normalized spacial score (nSPS) is 16.6. The summed E-state index contributed by atoms with van der Waals surface area (Å²) in [5.41, 5.74) is 4.49. The van der Waals surface area contributed by atoms with E-state index in [9.17, 15) is 14.7 Å². The van der Waals surface area contributed by atoms with Gasteiger partial charge in [0.05, 0.1) is 18.8 Å². The first-order valence-electron chi connectivity index (χ1n) is 14.4. The van der Waals surface area contributed by atoms with Crippen LogP contribution < -0.4 is 4.74 Å². The molecule has 2 unspecified atom stereocenters. The Balaban J connectivity index is 1.49. The number of carboxylic acid groups (broad SMARTS) is 1. The second-order valence-electron chi connectivity index (χ2n) is 11.6. The number of ether oxygens (including phenoxy) is 2. The van der Waals surface area contributed by atoms with Crippen molar-refractivity contribution in [2.24, 2.45) is 5.92 Å². The van der Waals surface area contributed by atoms with Crippen LogP contribution in [-0.4, -0.2) is 45.7 Å². The van der Waals surface area contributed by atoms with E-state index in [1.165, 1.54) is 18.4 Å². The maximum absolute atomic E-state index is 12.3. The molecule has 2 aromatic carbocycles. The molecule has 0 aliphatic heterocycles. The van der Waals surface area contributed by atoms with Crippen LogP contribution in [0.3, 0.4) is 0 Å². The molecule has 8 heteroatoms. The zero-order valence-corrected chi connectivity index (χ0v) is 25.2. The number of esters is 1. The third-order valence-corrected chi connectivity index (χ3v) is 7.71. The van der Waals surface area contributed by atoms with Crippen LogP contribution >= 0.6 is 0 Å². The van der Waals surface area contributed by atoms with E-state index in [0.29, 0.717) is 42.1 Å². The number of aryl methyl sites for hydroxylation is 3. The molecule has 1 aliphatic rings. The summed E-state index contributed by atoms with van der Waals surface area (Å²) in [5, 5.41) is 9.63. The summed E-state index contributed by atoms with van der Waals surface area (Å²) in [6, 6.07) is 12.4. The lowest BCUT2D eigenvalue weighted by atomic mass is 10.0. The first-order valence-corrected chi connectivity index (χ1v) is 14.4. The Hall–Kier alpha value is -3.65. The van der Waals surface area contributed by atoms with Crippen LogP contribution in [0.15, 0.2) is 40.8 Å². The van der Waals surface area contributed by atoms with Crippen molar-refractivity contribution >= 4 is 11.9 Å². The number of hydrogen-bond acceptors (Lipinski definition) is 7. The summed E-state index contributed by atoms with van der Waals surface area (Å²) in [5.74, 6) is 1.94. The lowest BCUT2D eigenvalue weighted by molar-refractivity contribution is -0.158. The Morgan fingerprint density at radius 2 is 1.73 bits per heavy atom. The van der Waals surface area contributed by atoms with Gasteiger partial charge < -0.3 is 19.0 Å². The Morgan fingerprint density at radius 3 is 2.29 bits per heavy atom. The van der Waals surface area contributed by atoms with Gasteiger partial charge in [-0.2, -0.15) is 0 Å². The fourth-order valence-electron chi connectivity index (χ4n) is 5.40. The molecule has 0 radical (unpaired) electrons. The van der Waals surface area contributed by atoms with E-state index in [4.69, 9.17) is 18.9 Å². The number of carboxylic acids is 1. The number of hydrogen-bond donors (Lipinski definition) is 1. The monoisotopic (exact) mass is 562 g/mol. The number of oxazole rings is 1. The molecule has 1 heterocycles. The lowest BCUT2D eigenvalue weighted by Gasteiger charge is -2.27. The van der Waals surface area contributed by atoms with Gasteiger partial charge in [0.2, 0.25) is 5.89 Å². The SMILES string of the molecule is CCOC(=O)C(C)(C)Oc1c(C)cc(CN(CC(=O)O)Cc2nc(-c3ccc(C4CC4CC)cc3)oc2C)cc1C. The summed E-state index contributed by atoms with van der Waals surface area (Å²) in [7, 11) is 0. The molecule has 1 saturated carbocycles. The summed E-state index contributed by atoms with van der Waals surface area (Å²) in [6.45, 7) is 13.9. The number of benzene rings is 2. The van der Waals surface area contributed by atoms with Crippen molar-refractivity contribution < 1.29 is 28.6 Å². The highest BCUT2D eigenvalue weighted by atomic mass is 16.6. The van der Waals surface area contributed by atoms with Gasteiger partial charge in [-0.15, -0.1) is 0 Å². The van der Waals surface area contributed by atoms with Crippen molar-refractivity contribution in [2.75, 3.05) is 13.2 Å². The number of rotatable bonds is 13. The van der Waals surface area contributed by atoms with Gasteiger partial charge in [-0.3, -0.25) is 9.69 Å². The molecule has 0 spiro atoms. The van der Waals surface area contributed by atoms with Crippen molar-refractivity contribution in [1.82, 2.24) is 9.88 Å². The van der Waals surface area contributed by atoms with Crippen molar-refractivity contribution in [3.63, 3.8) is 0 Å². The smallest absolute Gasteiger partial charge is 0.349 e.